The minimum atomic E-state index is 0.157. The Kier molecular flexibility index (Phi) is 2.82. The Bertz CT molecular complexity index is 205. The maximum absolute atomic E-state index is 8.88. The van der Waals surface area contributed by atoms with E-state index in [4.69, 9.17) is 10.00 Å². The molecule has 0 saturated carbocycles. The van der Waals surface area contributed by atoms with Gasteiger partial charge in [-0.15, -0.1) is 0 Å². The first-order chi connectivity index (χ1) is 6.40. The number of nitriles is 1. The van der Waals surface area contributed by atoms with E-state index in [1.807, 2.05) is 0 Å². The molecule has 0 radical (unpaired) electrons. The Morgan fingerprint density at radius 2 is 2.31 bits per heavy atom. The average Bonchev–Trinajstić information content (AvgIpc) is 2.76. The van der Waals surface area contributed by atoms with Crippen LogP contribution in [0.2, 0.25) is 0 Å². The molecule has 0 aromatic carbocycles. The highest BCUT2D eigenvalue weighted by Crippen LogP contribution is 2.20. The van der Waals surface area contributed by atoms with Crippen molar-refractivity contribution in [3.05, 3.63) is 0 Å². The molecule has 2 fully saturated rings. The molecule has 2 heterocycles. The molecule has 2 aliphatic rings. The second-order valence-electron chi connectivity index (χ2n) is 3.92. The fourth-order valence-corrected chi connectivity index (χ4v) is 2.24. The fourth-order valence-electron chi connectivity index (χ4n) is 2.24. The molecule has 2 unspecified atom stereocenters. The summed E-state index contributed by atoms with van der Waals surface area (Å²) in [5, 5.41) is 8.88. The van der Waals surface area contributed by atoms with Crippen molar-refractivity contribution < 1.29 is 4.74 Å². The Balaban J connectivity index is 1.83. The first-order valence-corrected chi connectivity index (χ1v) is 5.15. The van der Waals surface area contributed by atoms with Crippen LogP contribution in [-0.4, -0.2) is 36.7 Å². The third-order valence-electron chi connectivity index (χ3n) is 2.97. The molecular formula is C10H16N2O. The fraction of sp³-hybridized carbons (Fsp3) is 0.900. The molecule has 0 spiro atoms. The summed E-state index contributed by atoms with van der Waals surface area (Å²) in [5.41, 5.74) is 0. The van der Waals surface area contributed by atoms with Crippen LogP contribution >= 0.6 is 0 Å². The van der Waals surface area contributed by atoms with Gasteiger partial charge in [-0.3, -0.25) is 4.90 Å². The van der Waals surface area contributed by atoms with Gasteiger partial charge >= 0.3 is 0 Å². The lowest BCUT2D eigenvalue weighted by Crippen LogP contribution is -2.35. The van der Waals surface area contributed by atoms with Crippen molar-refractivity contribution in [2.75, 3.05) is 19.7 Å². The van der Waals surface area contributed by atoms with Gasteiger partial charge in [-0.1, -0.05) is 0 Å². The van der Waals surface area contributed by atoms with Crippen LogP contribution in [0, 0.1) is 11.3 Å². The van der Waals surface area contributed by atoms with Crippen LogP contribution in [0.15, 0.2) is 0 Å². The van der Waals surface area contributed by atoms with Gasteiger partial charge in [0.2, 0.25) is 0 Å². The topological polar surface area (TPSA) is 36.3 Å². The minimum Gasteiger partial charge on any atom is -0.377 e. The first-order valence-electron chi connectivity index (χ1n) is 5.15. The smallest absolute Gasteiger partial charge is 0.0979 e. The standard InChI is InChI=1S/C10H16N2O/c11-7-9-3-1-5-12(9)8-10-4-2-6-13-10/h9-10H,1-6,8H2. The third kappa shape index (κ3) is 2.01. The van der Waals surface area contributed by atoms with Gasteiger partial charge in [-0.2, -0.15) is 5.26 Å². The summed E-state index contributed by atoms with van der Waals surface area (Å²) in [6.45, 7) is 2.96. The quantitative estimate of drug-likeness (QED) is 0.639. The van der Waals surface area contributed by atoms with Crippen molar-refractivity contribution >= 4 is 0 Å². The molecule has 0 N–H and O–H groups in total. The lowest BCUT2D eigenvalue weighted by atomic mass is 10.2. The number of hydrogen-bond acceptors (Lipinski definition) is 3. The van der Waals surface area contributed by atoms with Crippen LogP contribution < -0.4 is 0 Å². The molecule has 0 amide bonds. The van der Waals surface area contributed by atoms with Crippen molar-refractivity contribution in [1.82, 2.24) is 4.90 Å². The summed E-state index contributed by atoms with van der Waals surface area (Å²) in [4.78, 5) is 2.27. The summed E-state index contributed by atoms with van der Waals surface area (Å²) >= 11 is 0. The van der Waals surface area contributed by atoms with Gasteiger partial charge in [-0.05, 0) is 32.2 Å². The normalized spacial score (nSPS) is 35.0. The highest BCUT2D eigenvalue weighted by atomic mass is 16.5. The number of rotatable bonds is 2. The van der Waals surface area contributed by atoms with Gasteiger partial charge in [0.25, 0.3) is 0 Å². The number of hydrogen-bond donors (Lipinski definition) is 0. The summed E-state index contributed by atoms with van der Waals surface area (Å²) in [7, 11) is 0. The molecule has 0 aromatic heterocycles. The van der Waals surface area contributed by atoms with Crippen LogP contribution in [0.5, 0.6) is 0 Å². The molecular weight excluding hydrogens is 164 g/mol. The monoisotopic (exact) mass is 180 g/mol. The molecule has 3 heteroatoms. The zero-order valence-corrected chi connectivity index (χ0v) is 7.91. The van der Waals surface area contributed by atoms with Gasteiger partial charge < -0.3 is 4.74 Å². The molecule has 0 aliphatic carbocycles. The van der Waals surface area contributed by atoms with Crippen molar-refractivity contribution in [1.29, 1.82) is 5.26 Å². The molecule has 2 atom stereocenters. The van der Waals surface area contributed by atoms with Crippen molar-refractivity contribution in [2.45, 2.75) is 37.8 Å². The number of ether oxygens (including phenoxy) is 1. The predicted octanol–water partition coefficient (Wildman–Crippen LogP) is 1.15. The Morgan fingerprint density at radius 3 is 3.00 bits per heavy atom. The maximum Gasteiger partial charge on any atom is 0.0979 e. The lowest BCUT2D eigenvalue weighted by molar-refractivity contribution is 0.0749. The molecule has 72 valence electrons. The molecule has 0 bridgehead atoms. The summed E-state index contributed by atoms with van der Waals surface area (Å²) in [6.07, 6.45) is 4.98. The first kappa shape index (κ1) is 8.98. The van der Waals surface area contributed by atoms with E-state index in [0.29, 0.717) is 6.10 Å². The van der Waals surface area contributed by atoms with Gasteiger partial charge in [0, 0.05) is 13.2 Å². The predicted molar refractivity (Wildman–Crippen MR) is 49.2 cm³/mol. The molecule has 3 nitrogen and oxygen atoms in total. The van der Waals surface area contributed by atoms with E-state index in [1.54, 1.807) is 0 Å². The maximum atomic E-state index is 8.88. The van der Waals surface area contributed by atoms with E-state index < -0.39 is 0 Å². The summed E-state index contributed by atoms with van der Waals surface area (Å²) in [6, 6.07) is 2.51. The van der Waals surface area contributed by atoms with Crippen molar-refractivity contribution in [2.24, 2.45) is 0 Å². The van der Waals surface area contributed by atoms with Crippen LogP contribution in [0.1, 0.15) is 25.7 Å². The second kappa shape index (κ2) is 4.08. The van der Waals surface area contributed by atoms with E-state index in [2.05, 4.69) is 11.0 Å². The highest BCUT2D eigenvalue weighted by molar-refractivity contribution is 4.96. The van der Waals surface area contributed by atoms with E-state index in [1.165, 1.54) is 19.3 Å². The zero-order valence-electron chi connectivity index (χ0n) is 7.91. The molecule has 2 rings (SSSR count). The van der Waals surface area contributed by atoms with Crippen LogP contribution in [0.25, 0.3) is 0 Å². The van der Waals surface area contributed by atoms with E-state index in [-0.39, 0.29) is 6.04 Å². The number of nitrogens with zero attached hydrogens (tertiary/aromatic N) is 2. The highest BCUT2D eigenvalue weighted by Gasteiger charge is 2.27. The van der Waals surface area contributed by atoms with Gasteiger partial charge in [-0.25, -0.2) is 0 Å². The number of likely N-dealkylation sites (tertiary alicyclic amines) is 1. The second-order valence-corrected chi connectivity index (χ2v) is 3.92. The molecule has 2 saturated heterocycles. The summed E-state index contributed by atoms with van der Waals surface area (Å²) in [5.74, 6) is 0. The Morgan fingerprint density at radius 1 is 1.38 bits per heavy atom. The van der Waals surface area contributed by atoms with Gasteiger partial charge in [0.15, 0.2) is 0 Å². The van der Waals surface area contributed by atoms with Crippen molar-refractivity contribution in [3.63, 3.8) is 0 Å². The zero-order chi connectivity index (χ0) is 9.10. The largest absolute Gasteiger partial charge is 0.377 e. The van der Waals surface area contributed by atoms with Gasteiger partial charge in [0.05, 0.1) is 18.2 Å². The lowest BCUT2D eigenvalue weighted by Gasteiger charge is -2.22. The van der Waals surface area contributed by atoms with Crippen LogP contribution in [-0.2, 0) is 4.74 Å². The van der Waals surface area contributed by atoms with Crippen LogP contribution in [0.4, 0.5) is 0 Å². The molecule has 2 aliphatic heterocycles. The van der Waals surface area contributed by atoms with Crippen molar-refractivity contribution in [3.8, 4) is 6.07 Å². The average molecular weight is 180 g/mol. The van der Waals surface area contributed by atoms with E-state index >= 15 is 0 Å². The third-order valence-corrected chi connectivity index (χ3v) is 2.97. The van der Waals surface area contributed by atoms with E-state index in [0.717, 1.165) is 26.1 Å². The molecule has 0 aromatic rings. The van der Waals surface area contributed by atoms with Gasteiger partial charge in [0.1, 0.15) is 0 Å². The molecule has 13 heavy (non-hydrogen) atoms. The SMILES string of the molecule is N#CC1CCCN1CC1CCCO1. The van der Waals surface area contributed by atoms with Crippen LogP contribution in [0.3, 0.4) is 0 Å². The Labute approximate surface area is 79.3 Å². The Hall–Kier alpha value is -0.590. The minimum absolute atomic E-state index is 0.157. The van der Waals surface area contributed by atoms with E-state index in [9.17, 15) is 0 Å². The summed E-state index contributed by atoms with van der Waals surface area (Å²) < 4.78 is 5.56.